The van der Waals surface area contributed by atoms with Crippen molar-refractivity contribution in [3.63, 3.8) is 0 Å². The van der Waals surface area contributed by atoms with Crippen LogP contribution in [0.3, 0.4) is 0 Å². The first-order valence-electron chi connectivity index (χ1n) is 4.72. The average molecular weight is 246 g/mol. The van der Waals surface area contributed by atoms with Gasteiger partial charge in [0.15, 0.2) is 0 Å². The number of rotatable bonds is 1. The molecule has 6 heteroatoms. The number of hydrogen-bond donors (Lipinski definition) is 2. The fourth-order valence-electron chi connectivity index (χ4n) is 2.25. The fourth-order valence-corrected chi connectivity index (χ4v) is 4.33. The summed E-state index contributed by atoms with van der Waals surface area (Å²) in [5.74, 6) is -0.826. The lowest BCUT2D eigenvalue weighted by molar-refractivity contribution is -0.143. The molecule has 4 nitrogen and oxygen atoms in total. The predicted molar refractivity (Wildman–Crippen MR) is 63.9 cm³/mol. The molecule has 15 heavy (non-hydrogen) atoms. The Morgan fingerprint density at radius 3 is 2.60 bits per heavy atom. The van der Waals surface area contributed by atoms with Gasteiger partial charge in [-0.25, -0.2) is 4.79 Å². The molecule has 2 aliphatic heterocycles. The molecule has 3 N–H and O–H groups in total. The number of aliphatic carboxylic acids is 1. The Bertz CT molecular complexity index is 354. The Balaban J connectivity index is 2.37. The van der Waals surface area contributed by atoms with Crippen molar-refractivity contribution in [1.29, 1.82) is 0 Å². The molecule has 2 aliphatic rings. The normalized spacial score (nSPS) is 42.4. The lowest BCUT2D eigenvalue weighted by Gasteiger charge is -2.52. The minimum absolute atomic E-state index is 0.00102. The van der Waals surface area contributed by atoms with Crippen LogP contribution in [0, 0.1) is 0 Å². The monoisotopic (exact) mass is 246 g/mol. The van der Waals surface area contributed by atoms with Crippen molar-refractivity contribution in [2.24, 2.45) is 5.73 Å². The number of carbonyl (C=O) groups is 1. The van der Waals surface area contributed by atoms with Crippen molar-refractivity contribution in [2.45, 2.75) is 42.5 Å². The van der Waals surface area contributed by atoms with Gasteiger partial charge in [-0.3, -0.25) is 0 Å². The molecule has 0 unspecified atom stereocenters. The van der Waals surface area contributed by atoms with Crippen LogP contribution in [0.5, 0.6) is 0 Å². The van der Waals surface area contributed by atoms with E-state index in [-0.39, 0.29) is 10.1 Å². The van der Waals surface area contributed by atoms with Gasteiger partial charge in [0.1, 0.15) is 16.4 Å². The molecule has 2 fully saturated rings. The number of carboxylic acids is 1. The van der Waals surface area contributed by atoms with Gasteiger partial charge in [0, 0.05) is 4.75 Å². The van der Waals surface area contributed by atoms with Crippen molar-refractivity contribution in [1.82, 2.24) is 4.90 Å². The Hall–Kier alpha value is -0.330. The molecule has 2 heterocycles. The Kier molecular flexibility index (Phi) is 2.13. The van der Waals surface area contributed by atoms with Crippen molar-refractivity contribution >= 4 is 34.9 Å². The smallest absolute Gasteiger partial charge is 0.327 e. The third-order valence-corrected chi connectivity index (χ3v) is 5.47. The first-order chi connectivity index (χ1) is 6.69. The molecular formula is C9H14N2O2S2. The number of carboxylic acid groups (broad SMARTS) is 1. The average Bonchev–Trinajstić information content (AvgIpc) is 2.35. The molecule has 3 atom stereocenters. The summed E-state index contributed by atoms with van der Waals surface area (Å²) in [5.41, 5.74) is 5.50. The van der Waals surface area contributed by atoms with Gasteiger partial charge in [-0.05, 0) is 20.8 Å². The lowest BCUT2D eigenvalue weighted by Crippen LogP contribution is -2.75. The molecule has 2 saturated heterocycles. The van der Waals surface area contributed by atoms with Crippen LogP contribution in [0.1, 0.15) is 20.8 Å². The number of hydrogen-bond acceptors (Lipinski definition) is 4. The first-order valence-corrected chi connectivity index (χ1v) is 6.00. The third-order valence-electron chi connectivity index (χ3n) is 3.05. The van der Waals surface area contributed by atoms with E-state index in [9.17, 15) is 9.90 Å². The summed E-state index contributed by atoms with van der Waals surface area (Å²) in [6.45, 7) is 5.71. The quantitative estimate of drug-likeness (QED) is 0.662. The summed E-state index contributed by atoms with van der Waals surface area (Å²) < 4.78 is -0.350. The van der Waals surface area contributed by atoms with Gasteiger partial charge in [0.05, 0.1) is 5.54 Å². The van der Waals surface area contributed by atoms with Gasteiger partial charge in [-0.2, -0.15) is 0 Å². The largest absolute Gasteiger partial charge is 0.480 e. The lowest BCUT2D eigenvalue weighted by atomic mass is 9.88. The number of thiocarbonyl (C=S) groups is 1. The molecule has 0 aromatic heterocycles. The van der Waals surface area contributed by atoms with Crippen LogP contribution in [0.4, 0.5) is 0 Å². The Labute approximate surface area is 98.2 Å². The van der Waals surface area contributed by atoms with E-state index < -0.39 is 17.6 Å². The molecule has 2 rings (SSSR count). The maximum atomic E-state index is 11.2. The van der Waals surface area contributed by atoms with E-state index in [1.165, 1.54) is 0 Å². The second-order valence-corrected chi connectivity index (χ2v) is 6.93. The van der Waals surface area contributed by atoms with Crippen molar-refractivity contribution in [2.75, 3.05) is 0 Å². The summed E-state index contributed by atoms with van der Waals surface area (Å²) in [6.07, 6.45) is 0. The zero-order valence-corrected chi connectivity index (χ0v) is 10.5. The van der Waals surface area contributed by atoms with Gasteiger partial charge in [0.25, 0.3) is 0 Å². The van der Waals surface area contributed by atoms with Crippen LogP contribution in [-0.4, -0.2) is 42.7 Å². The number of thioether (sulfide) groups is 1. The van der Waals surface area contributed by atoms with Crippen molar-refractivity contribution in [3.8, 4) is 0 Å². The highest BCUT2D eigenvalue weighted by molar-refractivity contribution is 8.02. The minimum atomic E-state index is -0.826. The maximum absolute atomic E-state index is 11.2. The Morgan fingerprint density at radius 1 is 1.60 bits per heavy atom. The fraction of sp³-hybridized carbons (Fsp3) is 0.778. The molecule has 0 radical (unpaired) electrons. The van der Waals surface area contributed by atoms with Crippen LogP contribution >= 0.6 is 24.0 Å². The van der Waals surface area contributed by atoms with E-state index in [2.05, 4.69) is 0 Å². The van der Waals surface area contributed by atoms with Crippen molar-refractivity contribution in [3.05, 3.63) is 0 Å². The molecule has 0 amide bonds. The van der Waals surface area contributed by atoms with Crippen LogP contribution in [0.25, 0.3) is 0 Å². The molecule has 0 aliphatic carbocycles. The third kappa shape index (κ3) is 1.24. The van der Waals surface area contributed by atoms with E-state index in [4.69, 9.17) is 18.0 Å². The van der Waals surface area contributed by atoms with E-state index in [0.29, 0.717) is 4.99 Å². The second kappa shape index (κ2) is 2.87. The topological polar surface area (TPSA) is 66.6 Å². The number of nitrogens with two attached hydrogens (primary N) is 1. The molecule has 84 valence electrons. The molecular weight excluding hydrogens is 232 g/mol. The highest BCUT2D eigenvalue weighted by Gasteiger charge is 2.65. The number of fused-ring (bicyclic) bond motifs is 1. The summed E-state index contributed by atoms with van der Waals surface area (Å²) in [5, 5.41) is 9.20. The first kappa shape index (κ1) is 11.2. The molecule has 0 spiro atoms. The highest BCUT2D eigenvalue weighted by Crippen LogP contribution is 2.54. The minimum Gasteiger partial charge on any atom is -0.480 e. The molecule has 0 saturated carbocycles. The van der Waals surface area contributed by atoms with Crippen molar-refractivity contribution < 1.29 is 9.90 Å². The summed E-state index contributed by atoms with van der Waals surface area (Å²) in [4.78, 5) is 13.5. The van der Waals surface area contributed by atoms with Crippen LogP contribution < -0.4 is 5.73 Å². The maximum Gasteiger partial charge on any atom is 0.327 e. The van der Waals surface area contributed by atoms with E-state index in [0.717, 1.165) is 0 Å². The SMILES string of the molecule is CC1(C)S[C@H]2N(C(=S)[C@]2(C)N)[C@H]1C(=O)O. The molecule has 0 aromatic carbocycles. The molecule has 0 bridgehead atoms. The standard InChI is InChI=1S/C9H14N2O2S2/c1-8(2)4(5(12)13)11-6(14)9(3,10)7(11)15-8/h4,7H,10H2,1-3H3,(H,12,13)/t4-,7+,9-/m0/s1. The van der Waals surface area contributed by atoms with Gasteiger partial charge in [0.2, 0.25) is 0 Å². The summed E-state index contributed by atoms with van der Waals surface area (Å²) >= 11 is 6.78. The van der Waals surface area contributed by atoms with Crippen LogP contribution in [-0.2, 0) is 4.79 Å². The zero-order valence-electron chi connectivity index (χ0n) is 8.85. The van der Waals surface area contributed by atoms with Gasteiger partial charge in [-0.1, -0.05) is 12.2 Å². The predicted octanol–water partition coefficient (Wildman–Crippen LogP) is 0.651. The second-order valence-electron chi connectivity index (χ2n) is 4.81. The van der Waals surface area contributed by atoms with Gasteiger partial charge >= 0.3 is 5.97 Å². The summed E-state index contributed by atoms with van der Waals surface area (Å²) in [6, 6.07) is -0.559. The van der Waals surface area contributed by atoms with E-state index in [1.54, 1.807) is 16.7 Å². The van der Waals surface area contributed by atoms with Crippen LogP contribution in [0.15, 0.2) is 0 Å². The van der Waals surface area contributed by atoms with Gasteiger partial charge < -0.3 is 15.7 Å². The molecule has 0 aromatic rings. The van der Waals surface area contributed by atoms with E-state index >= 15 is 0 Å². The van der Waals surface area contributed by atoms with Gasteiger partial charge in [-0.15, -0.1) is 11.8 Å². The summed E-state index contributed by atoms with van der Waals surface area (Å²) in [7, 11) is 0. The van der Waals surface area contributed by atoms with Crippen LogP contribution in [0.2, 0.25) is 0 Å². The highest BCUT2D eigenvalue weighted by atomic mass is 32.2. The van der Waals surface area contributed by atoms with E-state index in [1.807, 2.05) is 20.8 Å². The zero-order chi connectivity index (χ0) is 11.6. The Morgan fingerprint density at radius 2 is 2.13 bits per heavy atom. The number of nitrogens with zero attached hydrogens (tertiary/aromatic N) is 1.